The van der Waals surface area contributed by atoms with Crippen LogP contribution >= 0.6 is 15.9 Å². The molecule has 23 heavy (non-hydrogen) atoms. The molecule has 0 saturated heterocycles. The van der Waals surface area contributed by atoms with Gasteiger partial charge < -0.3 is 10.4 Å². The summed E-state index contributed by atoms with van der Waals surface area (Å²) in [5, 5.41) is 12.6. The Morgan fingerprint density at radius 3 is 2.43 bits per heavy atom. The van der Waals surface area contributed by atoms with Crippen molar-refractivity contribution in [2.24, 2.45) is 0 Å². The fourth-order valence-corrected chi connectivity index (χ4v) is 2.55. The largest absolute Gasteiger partial charge is 0.478 e. The van der Waals surface area contributed by atoms with Crippen LogP contribution in [-0.2, 0) is 10.2 Å². The number of carboxylic acid groups (broad SMARTS) is 1. The molecule has 0 aliphatic heterocycles. The molecule has 2 rings (SSSR count). The molecule has 0 heterocycles. The van der Waals surface area contributed by atoms with Crippen LogP contribution in [0.5, 0.6) is 0 Å². The van der Waals surface area contributed by atoms with Gasteiger partial charge in [0.25, 0.3) is 0 Å². The van der Waals surface area contributed by atoms with E-state index in [2.05, 4.69) is 48.1 Å². The zero-order chi connectivity index (χ0) is 17.0. The molecular formula is C19H20BrNO2. The van der Waals surface area contributed by atoms with Crippen LogP contribution in [0.25, 0.3) is 5.57 Å². The fourth-order valence-electron chi connectivity index (χ4n) is 2.16. The first kappa shape index (κ1) is 17.3. The Labute approximate surface area is 145 Å². The van der Waals surface area contributed by atoms with Gasteiger partial charge in [-0.15, -0.1) is 0 Å². The number of anilines is 1. The minimum atomic E-state index is -0.970. The SMILES string of the molecule is CC(C)(C)c1cccc(NC=C(C(=O)O)c2cccc(Br)c2)c1. The standard InChI is InChI=1S/C19H20BrNO2/c1-19(2,3)14-7-5-9-16(11-14)21-12-17(18(22)23)13-6-4-8-15(20)10-13/h4-12,21H,1-3H3,(H,22,23). The van der Waals surface area contributed by atoms with Crippen molar-refractivity contribution in [2.75, 3.05) is 5.32 Å². The summed E-state index contributed by atoms with van der Waals surface area (Å²) < 4.78 is 0.844. The zero-order valence-corrected chi connectivity index (χ0v) is 15.0. The smallest absolute Gasteiger partial charge is 0.337 e. The van der Waals surface area contributed by atoms with E-state index in [4.69, 9.17) is 0 Å². The molecule has 2 aromatic rings. The zero-order valence-electron chi connectivity index (χ0n) is 13.4. The highest BCUT2D eigenvalue weighted by Gasteiger charge is 2.14. The van der Waals surface area contributed by atoms with Crippen LogP contribution in [0.2, 0.25) is 0 Å². The fraction of sp³-hybridized carbons (Fsp3) is 0.211. The van der Waals surface area contributed by atoms with Gasteiger partial charge in [0, 0.05) is 16.4 Å². The van der Waals surface area contributed by atoms with E-state index in [0.29, 0.717) is 5.56 Å². The number of halogens is 1. The highest BCUT2D eigenvalue weighted by atomic mass is 79.9. The van der Waals surface area contributed by atoms with E-state index >= 15 is 0 Å². The normalized spacial score (nSPS) is 12.1. The van der Waals surface area contributed by atoms with Gasteiger partial charge in [-0.3, -0.25) is 0 Å². The lowest BCUT2D eigenvalue weighted by Gasteiger charge is -2.19. The number of nitrogens with one attached hydrogen (secondary N) is 1. The van der Waals surface area contributed by atoms with Crippen molar-refractivity contribution in [1.82, 2.24) is 0 Å². The van der Waals surface area contributed by atoms with Gasteiger partial charge in [0.2, 0.25) is 0 Å². The number of rotatable bonds is 4. The molecule has 0 bridgehead atoms. The second-order valence-electron chi connectivity index (χ2n) is 6.35. The summed E-state index contributed by atoms with van der Waals surface area (Å²) in [5.74, 6) is -0.970. The topological polar surface area (TPSA) is 49.3 Å². The van der Waals surface area contributed by atoms with Crippen molar-refractivity contribution in [3.63, 3.8) is 0 Å². The van der Waals surface area contributed by atoms with E-state index in [-0.39, 0.29) is 11.0 Å². The first-order chi connectivity index (χ1) is 10.8. The molecule has 0 spiro atoms. The maximum atomic E-state index is 11.5. The molecule has 4 heteroatoms. The first-order valence-electron chi connectivity index (χ1n) is 7.34. The van der Waals surface area contributed by atoms with Gasteiger partial charge in [0.05, 0.1) is 5.57 Å². The molecule has 0 unspecified atom stereocenters. The van der Waals surface area contributed by atoms with E-state index in [1.54, 1.807) is 12.1 Å². The Hall–Kier alpha value is -2.07. The molecular weight excluding hydrogens is 354 g/mol. The monoisotopic (exact) mass is 373 g/mol. The van der Waals surface area contributed by atoms with Crippen molar-refractivity contribution in [2.45, 2.75) is 26.2 Å². The predicted molar refractivity (Wildman–Crippen MR) is 98.5 cm³/mol. The summed E-state index contributed by atoms with van der Waals surface area (Å²) in [5.41, 5.74) is 2.96. The van der Waals surface area contributed by atoms with E-state index in [9.17, 15) is 9.90 Å². The summed E-state index contributed by atoms with van der Waals surface area (Å²) in [7, 11) is 0. The average Bonchev–Trinajstić information content (AvgIpc) is 2.46. The third-order valence-corrected chi connectivity index (χ3v) is 3.97. The van der Waals surface area contributed by atoms with Gasteiger partial charge >= 0.3 is 5.97 Å². The molecule has 3 nitrogen and oxygen atoms in total. The first-order valence-corrected chi connectivity index (χ1v) is 8.13. The van der Waals surface area contributed by atoms with Crippen molar-refractivity contribution in [1.29, 1.82) is 0 Å². The van der Waals surface area contributed by atoms with Crippen LogP contribution in [0.4, 0.5) is 5.69 Å². The molecule has 0 aromatic heterocycles. The number of aliphatic carboxylic acids is 1. The van der Waals surface area contributed by atoms with Crippen LogP contribution in [-0.4, -0.2) is 11.1 Å². The minimum Gasteiger partial charge on any atom is -0.478 e. The van der Waals surface area contributed by atoms with Gasteiger partial charge in [-0.2, -0.15) is 0 Å². The van der Waals surface area contributed by atoms with Gasteiger partial charge in [0.1, 0.15) is 0 Å². The van der Waals surface area contributed by atoms with Crippen LogP contribution < -0.4 is 5.32 Å². The third kappa shape index (κ3) is 4.70. The quantitative estimate of drug-likeness (QED) is 0.716. The molecule has 0 aliphatic rings. The maximum Gasteiger partial charge on any atom is 0.337 e. The average molecular weight is 374 g/mol. The van der Waals surface area contributed by atoms with Crippen molar-refractivity contribution < 1.29 is 9.90 Å². The molecule has 2 N–H and O–H groups in total. The van der Waals surface area contributed by atoms with E-state index in [0.717, 1.165) is 10.2 Å². The van der Waals surface area contributed by atoms with E-state index in [1.165, 1.54) is 11.8 Å². The van der Waals surface area contributed by atoms with Crippen LogP contribution in [0.15, 0.2) is 59.2 Å². The van der Waals surface area contributed by atoms with E-state index in [1.807, 2.05) is 30.3 Å². The minimum absolute atomic E-state index is 0.0430. The van der Waals surface area contributed by atoms with Gasteiger partial charge in [-0.05, 0) is 40.8 Å². The number of hydrogen-bond acceptors (Lipinski definition) is 2. The van der Waals surface area contributed by atoms with Crippen LogP contribution in [0, 0.1) is 0 Å². The van der Waals surface area contributed by atoms with Crippen LogP contribution in [0.1, 0.15) is 31.9 Å². The Morgan fingerprint density at radius 2 is 1.83 bits per heavy atom. The summed E-state index contributed by atoms with van der Waals surface area (Å²) in [4.78, 5) is 11.5. The number of carbonyl (C=O) groups is 1. The number of carboxylic acids is 1. The Morgan fingerprint density at radius 1 is 1.13 bits per heavy atom. The van der Waals surface area contributed by atoms with Crippen molar-refractivity contribution in [3.8, 4) is 0 Å². The number of hydrogen-bond donors (Lipinski definition) is 2. The molecule has 0 amide bonds. The summed E-state index contributed by atoms with van der Waals surface area (Å²) in [6.45, 7) is 6.43. The summed E-state index contributed by atoms with van der Waals surface area (Å²) in [6, 6.07) is 15.2. The third-order valence-electron chi connectivity index (χ3n) is 3.48. The highest BCUT2D eigenvalue weighted by Crippen LogP contribution is 2.25. The lowest BCUT2D eigenvalue weighted by Crippen LogP contribution is -2.11. The Bertz CT molecular complexity index is 745. The highest BCUT2D eigenvalue weighted by molar-refractivity contribution is 9.10. The molecule has 0 aliphatic carbocycles. The predicted octanol–water partition coefficient (Wildman–Crippen LogP) is 5.28. The molecule has 0 radical (unpaired) electrons. The van der Waals surface area contributed by atoms with Crippen molar-refractivity contribution >= 4 is 33.2 Å². The molecule has 0 saturated carbocycles. The summed E-state index contributed by atoms with van der Waals surface area (Å²) in [6.07, 6.45) is 1.53. The van der Waals surface area contributed by atoms with Gasteiger partial charge in [-0.1, -0.05) is 61.0 Å². The maximum absolute atomic E-state index is 11.5. The van der Waals surface area contributed by atoms with Gasteiger partial charge in [-0.25, -0.2) is 4.79 Å². The molecule has 0 atom stereocenters. The molecule has 2 aromatic carbocycles. The van der Waals surface area contributed by atoms with E-state index < -0.39 is 5.97 Å². The molecule has 0 fully saturated rings. The number of benzene rings is 2. The van der Waals surface area contributed by atoms with Crippen LogP contribution in [0.3, 0.4) is 0 Å². The lowest BCUT2D eigenvalue weighted by molar-refractivity contribution is -0.130. The second kappa shape index (κ2) is 7.01. The second-order valence-corrected chi connectivity index (χ2v) is 7.26. The molecule has 120 valence electrons. The van der Waals surface area contributed by atoms with Gasteiger partial charge in [0.15, 0.2) is 0 Å². The summed E-state index contributed by atoms with van der Waals surface area (Å²) >= 11 is 3.37. The Balaban J connectivity index is 2.31. The lowest BCUT2D eigenvalue weighted by atomic mass is 9.87. The van der Waals surface area contributed by atoms with Crippen molar-refractivity contribution in [3.05, 3.63) is 70.3 Å². The Kier molecular flexibility index (Phi) is 5.26.